The summed E-state index contributed by atoms with van der Waals surface area (Å²) in [5.74, 6) is -0.824. The van der Waals surface area contributed by atoms with Gasteiger partial charge in [0.2, 0.25) is 5.28 Å². The fourth-order valence-corrected chi connectivity index (χ4v) is 2.76. The third kappa shape index (κ3) is 3.27. The molecule has 3 N–H and O–H groups in total. The molecule has 6 nitrogen and oxygen atoms in total. The van der Waals surface area contributed by atoms with Crippen LogP contribution in [0.15, 0.2) is 29.2 Å². The van der Waals surface area contributed by atoms with Gasteiger partial charge in [-0.2, -0.15) is 4.98 Å². The van der Waals surface area contributed by atoms with Gasteiger partial charge in [-0.3, -0.25) is 4.72 Å². The van der Waals surface area contributed by atoms with Crippen molar-refractivity contribution in [3.63, 3.8) is 0 Å². The predicted molar refractivity (Wildman–Crippen MR) is 73.7 cm³/mol. The number of halogens is 3. The Morgan fingerprint density at radius 3 is 2.50 bits per heavy atom. The molecular formula is C10H7Cl2FN4O2S. The van der Waals surface area contributed by atoms with E-state index in [-0.39, 0.29) is 26.8 Å². The SMILES string of the molecule is Nc1cc(S(=O)(=O)Nc2cc(Cl)nc(Cl)n2)ccc1F. The van der Waals surface area contributed by atoms with Crippen molar-refractivity contribution in [2.45, 2.75) is 4.90 Å². The molecule has 0 saturated heterocycles. The number of nitrogens with zero attached hydrogens (tertiary/aromatic N) is 2. The van der Waals surface area contributed by atoms with Crippen LogP contribution in [0.4, 0.5) is 15.9 Å². The van der Waals surface area contributed by atoms with Crippen molar-refractivity contribution in [1.29, 1.82) is 0 Å². The van der Waals surface area contributed by atoms with Gasteiger partial charge in [0.15, 0.2) is 0 Å². The second-order valence-corrected chi connectivity index (χ2v) is 6.04. The zero-order valence-corrected chi connectivity index (χ0v) is 12.0. The summed E-state index contributed by atoms with van der Waals surface area (Å²) < 4.78 is 39.3. The molecule has 0 unspecified atom stereocenters. The first kappa shape index (κ1) is 14.8. The highest BCUT2D eigenvalue weighted by atomic mass is 35.5. The number of rotatable bonds is 3. The summed E-state index contributed by atoms with van der Waals surface area (Å²) in [5, 5.41) is -0.241. The molecule has 1 aromatic carbocycles. The summed E-state index contributed by atoms with van der Waals surface area (Å²) >= 11 is 11.2. The maximum Gasteiger partial charge on any atom is 0.263 e. The van der Waals surface area contributed by atoms with Gasteiger partial charge in [-0.25, -0.2) is 17.8 Å². The van der Waals surface area contributed by atoms with Crippen LogP contribution in [-0.2, 0) is 10.0 Å². The molecule has 0 saturated carbocycles. The van der Waals surface area contributed by atoms with Crippen molar-refractivity contribution < 1.29 is 12.8 Å². The second-order valence-electron chi connectivity index (χ2n) is 3.63. The summed E-state index contributed by atoms with van der Waals surface area (Å²) in [7, 11) is -3.99. The number of benzene rings is 1. The number of anilines is 2. The van der Waals surface area contributed by atoms with E-state index in [9.17, 15) is 12.8 Å². The summed E-state index contributed by atoms with van der Waals surface area (Å²) in [6.45, 7) is 0. The number of nitrogens with one attached hydrogen (secondary N) is 1. The summed E-state index contributed by atoms with van der Waals surface area (Å²) in [5.41, 5.74) is 5.04. The fourth-order valence-electron chi connectivity index (χ4n) is 1.33. The fraction of sp³-hybridized carbons (Fsp3) is 0. The first-order chi connectivity index (χ1) is 9.28. The van der Waals surface area contributed by atoms with Gasteiger partial charge in [-0.15, -0.1) is 0 Å². The Morgan fingerprint density at radius 2 is 1.90 bits per heavy atom. The van der Waals surface area contributed by atoms with Crippen molar-refractivity contribution in [1.82, 2.24) is 9.97 Å². The molecule has 0 amide bonds. The summed E-state index contributed by atoms with van der Waals surface area (Å²) in [6, 6.07) is 4.18. The predicted octanol–water partition coefficient (Wildman–Crippen LogP) is 2.31. The molecule has 1 aromatic heterocycles. The molecule has 0 bridgehead atoms. The molecule has 0 aliphatic rings. The molecule has 106 valence electrons. The highest BCUT2D eigenvalue weighted by molar-refractivity contribution is 7.92. The van der Waals surface area contributed by atoms with Crippen LogP contribution in [0, 0.1) is 5.82 Å². The molecule has 0 atom stereocenters. The molecule has 10 heteroatoms. The van der Waals surface area contributed by atoms with E-state index in [0.717, 1.165) is 18.2 Å². The Hall–Kier alpha value is -1.64. The molecule has 0 aliphatic carbocycles. The van der Waals surface area contributed by atoms with Crippen LogP contribution in [0.5, 0.6) is 0 Å². The molecule has 20 heavy (non-hydrogen) atoms. The standard InChI is InChI=1S/C10H7Cl2FN4O2S/c11-8-4-9(16-10(12)15-8)17-20(18,19)5-1-2-6(13)7(14)3-5/h1-4H,14H2,(H,15,16,17). The van der Waals surface area contributed by atoms with E-state index in [1.807, 2.05) is 0 Å². The van der Waals surface area contributed by atoms with Crippen LogP contribution in [0.1, 0.15) is 0 Å². The Balaban J connectivity index is 2.37. The molecule has 0 radical (unpaired) electrons. The van der Waals surface area contributed by atoms with Crippen molar-refractivity contribution >= 4 is 44.7 Å². The number of hydrogen-bond donors (Lipinski definition) is 2. The van der Waals surface area contributed by atoms with Gasteiger partial charge < -0.3 is 5.73 Å². The lowest BCUT2D eigenvalue weighted by atomic mass is 10.3. The highest BCUT2D eigenvalue weighted by Crippen LogP contribution is 2.21. The number of sulfonamides is 1. The van der Waals surface area contributed by atoms with Crippen LogP contribution < -0.4 is 10.5 Å². The van der Waals surface area contributed by atoms with Crippen LogP contribution in [0.3, 0.4) is 0 Å². The lowest BCUT2D eigenvalue weighted by Gasteiger charge is -2.08. The minimum absolute atomic E-state index is 0.0266. The van der Waals surface area contributed by atoms with Gasteiger partial charge >= 0.3 is 0 Å². The van der Waals surface area contributed by atoms with E-state index < -0.39 is 15.8 Å². The average molecular weight is 337 g/mol. The molecule has 1 heterocycles. The van der Waals surface area contributed by atoms with E-state index in [1.54, 1.807) is 0 Å². The average Bonchev–Trinajstić information content (AvgIpc) is 2.30. The van der Waals surface area contributed by atoms with Gasteiger partial charge in [0.25, 0.3) is 10.0 Å². The third-order valence-electron chi connectivity index (χ3n) is 2.18. The Labute approximate surface area is 123 Å². The van der Waals surface area contributed by atoms with E-state index >= 15 is 0 Å². The van der Waals surface area contributed by atoms with E-state index in [1.165, 1.54) is 6.07 Å². The quantitative estimate of drug-likeness (QED) is 0.509. The lowest BCUT2D eigenvalue weighted by Crippen LogP contribution is -2.14. The van der Waals surface area contributed by atoms with Gasteiger partial charge in [-0.05, 0) is 29.8 Å². The Morgan fingerprint density at radius 1 is 1.20 bits per heavy atom. The molecule has 2 aromatic rings. The van der Waals surface area contributed by atoms with Crippen LogP contribution >= 0.6 is 23.2 Å². The van der Waals surface area contributed by atoms with Gasteiger partial charge in [-0.1, -0.05) is 11.6 Å². The highest BCUT2D eigenvalue weighted by Gasteiger charge is 2.17. The summed E-state index contributed by atoms with van der Waals surface area (Å²) in [4.78, 5) is 7.02. The number of hydrogen-bond acceptors (Lipinski definition) is 5. The molecule has 0 spiro atoms. The smallest absolute Gasteiger partial charge is 0.263 e. The van der Waals surface area contributed by atoms with Crippen LogP contribution in [-0.4, -0.2) is 18.4 Å². The van der Waals surface area contributed by atoms with E-state index in [4.69, 9.17) is 28.9 Å². The normalized spacial score (nSPS) is 11.3. The van der Waals surface area contributed by atoms with Crippen molar-refractivity contribution in [3.8, 4) is 0 Å². The van der Waals surface area contributed by atoms with Crippen molar-refractivity contribution in [2.24, 2.45) is 0 Å². The minimum atomic E-state index is -3.99. The van der Waals surface area contributed by atoms with Crippen LogP contribution in [0.2, 0.25) is 10.4 Å². The summed E-state index contributed by atoms with van der Waals surface area (Å²) in [6.07, 6.45) is 0. The van der Waals surface area contributed by atoms with Crippen molar-refractivity contribution in [3.05, 3.63) is 40.5 Å². The number of nitrogen functional groups attached to an aromatic ring is 1. The first-order valence-electron chi connectivity index (χ1n) is 5.06. The van der Waals surface area contributed by atoms with E-state index in [0.29, 0.717) is 0 Å². The zero-order chi connectivity index (χ0) is 14.9. The van der Waals surface area contributed by atoms with Crippen molar-refractivity contribution in [2.75, 3.05) is 10.5 Å². The first-order valence-corrected chi connectivity index (χ1v) is 7.30. The Kier molecular flexibility index (Phi) is 3.98. The number of nitrogens with two attached hydrogens (primary N) is 1. The van der Waals surface area contributed by atoms with E-state index in [2.05, 4.69) is 14.7 Å². The largest absolute Gasteiger partial charge is 0.396 e. The molecular weight excluding hydrogens is 330 g/mol. The molecule has 0 fully saturated rings. The molecule has 2 rings (SSSR count). The third-order valence-corrected chi connectivity index (χ3v) is 3.90. The Bertz CT molecular complexity index is 750. The van der Waals surface area contributed by atoms with Gasteiger partial charge in [0, 0.05) is 6.07 Å². The molecule has 0 aliphatic heterocycles. The van der Waals surface area contributed by atoms with Gasteiger partial charge in [0.05, 0.1) is 10.6 Å². The maximum absolute atomic E-state index is 13.0. The van der Waals surface area contributed by atoms with Crippen LogP contribution in [0.25, 0.3) is 0 Å². The zero-order valence-electron chi connectivity index (χ0n) is 9.64. The van der Waals surface area contributed by atoms with Gasteiger partial charge in [0.1, 0.15) is 16.8 Å². The lowest BCUT2D eigenvalue weighted by molar-refractivity contribution is 0.600. The minimum Gasteiger partial charge on any atom is -0.396 e. The maximum atomic E-state index is 13.0. The topological polar surface area (TPSA) is 98.0 Å². The number of aromatic nitrogens is 2. The second kappa shape index (κ2) is 5.39. The monoisotopic (exact) mass is 336 g/mol.